The maximum absolute atomic E-state index is 11.4. The van der Waals surface area contributed by atoms with Gasteiger partial charge in [0.2, 0.25) is 12.8 Å². The molecule has 0 spiro atoms. The lowest BCUT2D eigenvalue weighted by Gasteiger charge is -2.29. The van der Waals surface area contributed by atoms with Crippen LogP contribution in [-0.2, 0) is 19.4 Å². The Morgan fingerprint density at radius 2 is 1.33 bits per heavy atom. The second-order valence-corrected chi connectivity index (χ2v) is 5.91. The predicted molar refractivity (Wildman–Crippen MR) is 53.9 cm³/mol. The molecule has 1 heterocycles. The summed E-state index contributed by atoms with van der Waals surface area (Å²) in [6, 6.07) is -0.884. The van der Waals surface area contributed by atoms with Gasteiger partial charge in [-0.25, -0.2) is 8.42 Å². The molecule has 1 aliphatic heterocycles. The number of nitrogens with zero attached hydrogens (tertiary/aromatic N) is 2. The van der Waals surface area contributed by atoms with Gasteiger partial charge in [-0.2, -0.15) is 0 Å². The largest absolute Gasteiger partial charge is 0.342 e. The quantitative estimate of drug-likeness (QED) is 0.545. The lowest BCUT2D eigenvalue weighted by atomic mass is 10.1. The van der Waals surface area contributed by atoms with Crippen LogP contribution in [0.4, 0.5) is 0 Å². The molecule has 0 saturated carbocycles. The zero-order chi connectivity index (χ0) is 11.6. The second kappa shape index (κ2) is 4.18. The van der Waals surface area contributed by atoms with Crippen LogP contribution >= 0.6 is 0 Å². The minimum Gasteiger partial charge on any atom is -0.342 e. The van der Waals surface area contributed by atoms with Crippen molar-refractivity contribution in [1.29, 1.82) is 0 Å². The lowest BCUT2D eigenvalue weighted by molar-refractivity contribution is -0.123. The third-order valence-electron chi connectivity index (χ3n) is 2.67. The number of hydrogen-bond donors (Lipinski definition) is 0. The van der Waals surface area contributed by atoms with E-state index in [9.17, 15) is 18.0 Å². The molecular formula is C8H14N2O4S. The Balaban J connectivity index is 2.92. The summed E-state index contributed by atoms with van der Waals surface area (Å²) in [5.74, 6) is -0.157. The predicted octanol–water partition coefficient (Wildman–Crippen LogP) is -1.67. The van der Waals surface area contributed by atoms with E-state index in [1.165, 1.54) is 23.9 Å². The van der Waals surface area contributed by atoms with Crippen LogP contribution in [0.5, 0.6) is 0 Å². The van der Waals surface area contributed by atoms with E-state index in [2.05, 4.69) is 0 Å². The zero-order valence-electron chi connectivity index (χ0n) is 8.66. The molecule has 0 bridgehead atoms. The highest BCUT2D eigenvalue weighted by Crippen LogP contribution is 2.19. The summed E-state index contributed by atoms with van der Waals surface area (Å²) in [6.45, 7) is 0. The Hall–Kier alpha value is -1.11. The molecule has 15 heavy (non-hydrogen) atoms. The van der Waals surface area contributed by atoms with Crippen LogP contribution in [0, 0.1) is 0 Å². The normalized spacial score (nSPS) is 28.4. The Labute approximate surface area is 88.8 Å². The molecule has 0 aromatic carbocycles. The standard InChI is InChI=1S/C8H14N2O4S/c1-9(5-11)7-3-15(13,14)4-8(7)10(2)6-12/h5-8H,3-4H2,1-2H3/t7-,8-/m1/s1. The van der Waals surface area contributed by atoms with Crippen molar-refractivity contribution < 1.29 is 18.0 Å². The fourth-order valence-electron chi connectivity index (χ4n) is 1.74. The van der Waals surface area contributed by atoms with Gasteiger partial charge in [-0.05, 0) is 0 Å². The van der Waals surface area contributed by atoms with Crippen molar-refractivity contribution >= 4 is 22.7 Å². The van der Waals surface area contributed by atoms with Crippen molar-refractivity contribution in [2.24, 2.45) is 0 Å². The smallest absolute Gasteiger partial charge is 0.209 e. The van der Waals surface area contributed by atoms with Crippen LogP contribution in [0.1, 0.15) is 0 Å². The molecule has 0 aromatic heterocycles. The average Bonchev–Trinajstić information content (AvgIpc) is 2.52. The van der Waals surface area contributed by atoms with E-state index in [0.717, 1.165) is 0 Å². The van der Waals surface area contributed by atoms with Gasteiger partial charge in [0, 0.05) is 14.1 Å². The summed E-state index contributed by atoms with van der Waals surface area (Å²) in [6.07, 6.45) is 1.16. The van der Waals surface area contributed by atoms with Gasteiger partial charge in [0.1, 0.15) is 0 Å². The molecule has 86 valence electrons. The summed E-state index contributed by atoms with van der Waals surface area (Å²) in [4.78, 5) is 23.8. The van der Waals surface area contributed by atoms with Gasteiger partial charge >= 0.3 is 0 Å². The van der Waals surface area contributed by atoms with E-state index < -0.39 is 21.9 Å². The van der Waals surface area contributed by atoms with E-state index in [1.807, 2.05) is 0 Å². The Kier molecular flexibility index (Phi) is 3.33. The molecular weight excluding hydrogens is 220 g/mol. The van der Waals surface area contributed by atoms with Crippen LogP contribution in [-0.4, -0.2) is 68.7 Å². The molecule has 1 fully saturated rings. The van der Waals surface area contributed by atoms with Gasteiger partial charge in [0.05, 0.1) is 23.6 Å². The highest BCUT2D eigenvalue weighted by molar-refractivity contribution is 7.91. The highest BCUT2D eigenvalue weighted by Gasteiger charge is 2.41. The third kappa shape index (κ3) is 2.47. The summed E-state index contributed by atoms with van der Waals surface area (Å²) in [5.41, 5.74) is 0. The Morgan fingerprint density at radius 3 is 1.60 bits per heavy atom. The molecule has 0 aliphatic carbocycles. The van der Waals surface area contributed by atoms with Crippen LogP contribution < -0.4 is 0 Å². The molecule has 0 N–H and O–H groups in total. The number of carbonyl (C=O) groups is 2. The third-order valence-corrected chi connectivity index (χ3v) is 4.37. The number of rotatable bonds is 4. The van der Waals surface area contributed by atoms with Gasteiger partial charge in [-0.15, -0.1) is 0 Å². The van der Waals surface area contributed by atoms with E-state index in [4.69, 9.17) is 0 Å². The molecule has 2 atom stereocenters. The van der Waals surface area contributed by atoms with Crippen molar-refractivity contribution in [3.63, 3.8) is 0 Å². The summed E-state index contributed by atoms with van der Waals surface area (Å²) >= 11 is 0. The SMILES string of the molecule is CN(C=O)[C@@H]1CS(=O)(=O)C[C@H]1N(C)C=O. The molecule has 7 heteroatoms. The van der Waals surface area contributed by atoms with Gasteiger partial charge in [-0.1, -0.05) is 0 Å². The van der Waals surface area contributed by atoms with Crippen molar-refractivity contribution in [1.82, 2.24) is 9.80 Å². The van der Waals surface area contributed by atoms with E-state index >= 15 is 0 Å². The summed E-state index contributed by atoms with van der Waals surface area (Å²) < 4.78 is 22.8. The van der Waals surface area contributed by atoms with Crippen LogP contribution in [0.25, 0.3) is 0 Å². The number of amides is 2. The maximum atomic E-state index is 11.4. The highest BCUT2D eigenvalue weighted by atomic mass is 32.2. The van der Waals surface area contributed by atoms with Crippen molar-refractivity contribution in [2.75, 3.05) is 25.6 Å². The summed E-state index contributed by atoms with van der Waals surface area (Å²) in [7, 11) is -0.120. The number of sulfone groups is 1. The van der Waals surface area contributed by atoms with Gasteiger partial charge in [0.25, 0.3) is 0 Å². The number of likely N-dealkylation sites (N-methyl/N-ethyl adjacent to an activating group) is 2. The average molecular weight is 234 g/mol. The number of hydrogen-bond acceptors (Lipinski definition) is 4. The molecule has 1 saturated heterocycles. The molecule has 2 amide bonds. The Bertz CT molecular complexity index is 326. The first kappa shape index (κ1) is 12.0. The van der Waals surface area contributed by atoms with Crippen LogP contribution in [0.15, 0.2) is 0 Å². The number of carbonyl (C=O) groups excluding carboxylic acids is 2. The molecule has 1 rings (SSSR count). The fourth-order valence-corrected chi connectivity index (χ4v) is 3.84. The van der Waals surface area contributed by atoms with Crippen molar-refractivity contribution in [2.45, 2.75) is 12.1 Å². The monoisotopic (exact) mass is 234 g/mol. The van der Waals surface area contributed by atoms with E-state index in [1.54, 1.807) is 0 Å². The topological polar surface area (TPSA) is 74.8 Å². The lowest BCUT2D eigenvalue weighted by Crippen LogP contribution is -2.47. The van der Waals surface area contributed by atoms with Crippen molar-refractivity contribution in [3.8, 4) is 0 Å². The molecule has 0 unspecified atom stereocenters. The van der Waals surface area contributed by atoms with E-state index in [-0.39, 0.29) is 11.5 Å². The first-order valence-corrected chi connectivity index (χ1v) is 6.28. The molecule has 6 nitrogen and oxygen atoms in total. The first-order valence-electron chi connectivity index (χ1n) is 4.46. The molecule has 0 radical (unpaired) electrons. The minimum absolute atomic E-state index is 0.0783. The van der Waals surface area contributed by atoms with Crippen LogP contribution in [0.2, 0.25) is 0 Å². The molecule has 0 aromatic rings. The fraction of sp³-hybridized carbons (Fsp3) is 0.750. The van der Waals surface area contributed by atoms with Gasteiger partial charge in [0.15, 0.2) is 9.84 Å². The zero-order valence-corrected chi connectivity index (χ0v) is 9.48. The first-order chi connectivity index (χ1) is 6.91. The van der Waals surface area contributed by atoms with Gasteiger partial charge in [-0.3, -0.25) is 9.59 Å². The Morgan fingerprint density at radius 1 is 1.00 bits per heavy atom. The van der Waals surface area contributed by atoms with Gasteiger partial charge < -0.3 is 9.80 Å². The molecule has 1 aliphatic rings. The second-order valence-electron chi connectivity index (χ2n) is 3.75. The minimum atomic E-state index is -3.16. The van der Waals surface area contributed by atoms with Crippen molar-refractivity contribution in [3.05, 3.63) is 0 Å². The maximum Gasteiger partial charge on any atom is 0.209 e. The van der Waals surface area contributed by atoms with E-state index in [0.29, 0.717) is 12.8 Å². The summed E-state index contributed by atoms with van der Waals surface area (Å²) in [5, 5.41) is 0. The van der Waals surface area contributed by atoms with Crippen LogP contribution in [0.3, 0.4) is 0 Å².